The minimum atomic E-state index is -0.462. The van der Waals surface area contributed by atoms with Crippen molar-refractivity contribution >= 4 is 17.3 Å². The van der Waals surface area contributed by atoms with E-state index < -0.39 is 4.92 Å². The lowest BCUT2D eigenvalue weighted by molar-refractivity contribution is -0.384. The van der Waals surface area contributed by atoms with Crippen molar-refractivity contribution in [2.24, 2.45) is 0 Å². The summed E-state index contributed by atoms with van der Waals surface area (Å²) in [5, 5.41) is 13.4. The molecule has 6 nitrogen and oxygen atoms in total. The first-order valence-electron chi connectivity index (χ1n) is 5.27. The number of nitro benzene ring substituents is 1. The van der Waals surface area contributed by atoms with Crippen LogP contribution in [0.25, 0.3) is 0 Å². The number of carbonyl (C=O) groups excluding carboxylic acids is 1. The zero-order chi connectivity index (χ0) is 12.7. The molecule has 0 atom stereocenters. The van der Waals surface area contributed by atoms with Crippen LogP contribution in [0.4, 0.5) is 11.4 Å². The molecule has 0 amide bonds. The first-order valence-corrected chi connectivity index (χ1v) is 5.27. The van der Waals surface area contributed by atoms with Crippen LogP contribution in [-0.4, -0.2) is 24.0 Å². The molecule has 0 bridgehead atoms. The van der Waals surface area contributed by atoms with Gasteiger partial charge >= 0.3 is 5.97 Å². The molecule has 0 aromatic heterocycles. The Morgan fingerprint density at radius 3 is 2.94 bits per heavy atom. The summed E-state index contributed by atoms with van der Waals surface area (Å²) in [6.45, 7) is 2.49. The summed E-state index contributed by atoms with van der Waals surface area (Å²) in [6, 6.07) is 6.13. The van der Waals surface area contributed by atoms with Crippen molar-refractivity contribution in [1.82, 2.24) is 0 Å². The van der Waals surface area contributed by atoms with E-state index in [2.05, 4.69) is 5.32 Å². The van der Waals surface area contributed by atoms with E-state index in [4.69, 9.17) is 4.74 Å². The number of rotatable bonds is 6. The lowest BCUT2D eigenvalue weighted by atomic mass is 10.3. The summed E-state index contributed by atoms with van der Waals surface area (Å²) in [4.78, 5) is 21.1. The van der Waals surface area contributed by atoms with E-state index in [1.807, 2.05) is 0 Å². The summed E-state index contributed by atoms with van der Waals surface area (Å²) < 4.78 is 4.75. The summed E-state index contributed by atoms with van der Waals surface area (Å²) in [7, 11) is 0. The van der Waals surface area contributed by atoms with Gasteiger partial charge in [0.1, 0.15) is 0 Å². The van der Waals surface area contributed by atoms with Gasteiger partial charge in [-0.3, -0.25) is 14.9 Å². The van der Waals surface area contributed by atoms with Gasteiger partial charge in [-0.25, -0.2) is 0 Å². The lowest BCUT2D eigenvalue weighted by Gasteiger charge is -2.05. The number of nitro groups is 1. The quantitative estimate of drug-likeness (QED) is 0.465. The standard InChI is InChI=1S/C11H14N2O4/c1-2-17-11(14)6-7-12-9-4-3-5-10(8-9)13(15)16/h3-5,8,12H,2,6-7H2,1H3. The van der Waals surface area contributed by atoms with Gasteiger partial charge < -0.3 is 10.1 Å². The first kappa shape index (κ1) is 13.0. The van der Waals surface area contributed by atoms with Crippen LogP contribution in [0, 0.1) is 10.1 Å². The Morgan fingerprint density at radius 2 is 2.29 bits per heavy atom. The molecule has 17 heavy (non-hydrogen) atoms. The number of non-ortho nitro benzene ring substituents is 1. The number of hydrogen-bond acceptors (Lipinski definition) is 5. The monoisotopic (exact) mass is 238 g/mol. The predicted molar refractivity (Wildman–Crippen MR) is 62.8 cm³/mol. The van der Waals surface area contributed by atoms with Crippen molar-refractivity contribution < 1.29 is 14.5 Å². The molecule has 0 radical (unpaired) electrons. The minimum absolute atomic E-state index is 0.0196. The van der Waals surface area contributed by atoms with E-state index in [0.717, 1.165) is 0 Å². The molecule has 0 spiro atoms. The number of nitrogens with one attached hydrogen (secondary N) is 1. The molecule has 1 N–H and O–H groups in total. The molecule has 0 saturated heterocycles. The molecule has 0 aliphatic carbocycles. The number of anilines is 1. The Bertz CT molecular complexity index is 406. The van der Waals surface area contributed by atoms with Gasteiger partial charge in [-0.15, -0.1) is 0 Å². The third-order valence-electron chi connectivity index (χ3n) is 2.02. The molecule has 0 aliphatic heterocycles. The van der Waals surface area contributed by atoms with Crippen molar-refractivity contribution in [2.45, 2.75) is 13.3 Å². The van der Waals surface area contributed by atoms with Crippen molar-refractivity contribution in [1.29, 1.82) is 0 Å². The predicted octanol–water partition coefficient (Wildman–Crippen LogP) is 1.96. The lowest BCUT2D eigenvalue weighted by Crippen LogP contribution is -2.11. The second-order valence-electron chi connectivity index (χ2n) is 3.29. The van der Waals surface area contributed by atoms with Gasteiger partial charge in [-0.05, 0) is 13.0 Å². The van der Waals surface area contributed by atoms with Gasteiger partial charge in [0.2, 0.25) is 0 Å². The van der Waals surface area contributed by atoms with Gasteiger partial charge in [0.15, 0.2) is 0 Å². The third kappa shape index (κ3) is 4.50. The number of esters is 1. The van der Waals surface area contributed by atoms with Crippen LogP contribution >= 0.6 is 0 Å². The van der Waals surface area contributed by atoms with Crippen LogP contribution in [0.3, 0.4) is 0 Å². The van der Waals surface area contributed by atoms with Crippen LogP contribution in [0.5, 0.6) is 0 Å². The number of ether oxygens (including phenoxy) is 1. The van der Waals surface area contributed by atoms with Crippen LogP contribution in [0.2, 0.25) is 0 Å². The van der Waals surface area contributed by atoms with E-state index in [-0.39, 0.29) is 18.1 Å². The van der Waals surface area contributed by atoms with Gasteiger partial charge in [-0.1, -0.05) is 6.07 Å². The number of hydrogen-bond donors (Lipinski definition) is 1. The van der Waals surface area contributed by atoms with Crippen LogP contribution in [0.15, 0.2) is 24.3 Å². The Morgan fingerprint density at radius 1 is 1.53 bits per heavy atom. The maximum atomic E-state index is 11.0. The average Bonchev–Trinajstić information content (AvgIpc) is 2.30. The molecule has 0 fully saturated rings. The number of carbonyl (C=O) groups is 1. The van der Waals surface area contributed by atoms with E-state index in [9.17, 15) is 14.9 Å². The summed E-state index contributed by atoms with van der Waals surface area (Å²) in [6.07, 6.45) is 0.233. The molecule has 6 heteroatoms. The fraction of sp³-hybridized carbons (Fsp3) is 0.364. The van der Waals surface area contributed by atoms with Gasteiger partial charge in [-0.2, -0.15) is 0 Å². The summed E-state index contributed by atoms with van der Waals surface area (Å²) in [5.41, 5.74) is 0.634. The van der Waals surface area contributed by atoms with E-state index in [1.54, 1.807) is 19.1 Å². The van der Waals surface area contributed by atoms with E-state index in [1.165, 1.54) is 12.1 Å². The van der Waals surface area contributed by atoms with Crippen molar-refractivity contribution in [3.05, 3.63) is 34.4 Å². The second-order valence-corrected chi connectivity index (χ2v) is 3.29. The molecule has 0 aliphatic rings. The van der Waals surface area contributed by atoms with Gasteiger partial charge in [0, 0.05) is 24.4 Å². The number of benzene rings is 1. The van der Waals surface area contributed by atoms with E-state index >= 15 is 0 Å². The average molecular weight is 238 g/mol. The molecule has 1 aromatic rings. The van der Waals surface area contributed by atoms with Crippen LogP contribution in [-0.2, 0) is 9.53 Å². The largest absolute Gasteiger partial charge is 0.466 e. The van der Waals surface area contributed by atoms with E-state index in [0.29, 0.717) is 18.8 Å². The third-order valence-corrected chi connectivity index (χ3v) is 2.02. The SMILES string of the molecule is CCOC(=O)CCNc1cccc([N+](=O)[O-])c1. The van der Waals surface area contributed by atoms with Crippen molar-refractivity contribution in [2.75, 3.05) is 18.5 Å². The van der Waals surface area contributed by atoms with Crippen molar-refractivity contribution in [3.63, 3.8) is 0 Å². The molecule has 0 heterocycles. The molecular formula is C11H14N2O4. The highest BCUT2D eigenvalue weighted by Crippen LogP contribution is 2.16. The Balaban J connectivity index is 2.44. The second kappa shape index (κ2) is 6.47. The molecule has 92 valence electrons. The summed E-state index contributed by atoms with van der Waals surface area (Å²) in [5.74, 6) is -0.287. The molecule has 0 unspecified atom stereocenters. The van der Waals surface area contributed by atoms with Gasteiger partial charge in [0.05, 0.1) is 18.0 Å². The zero-order valence-corrected chi connectivity index (χ0v) is 9.51. The maximum absolute atomic E-state index is 11.0. The summed E-state index contributed by atoms with van der Waals surface area (Å²) >= 11 is 0. The Kier molecular flexibility index (Phi) is 4.93. The molecular weight excluding hydrogens is 224 g/mol. The number of nitrogens with zero attached hydrogens (tertiary/aromatic N) is 1. The molecule has 0 saturated carbocycles. The smallest absolute Gasteiger partial charge is 0.307 e. The normalized spacial score (nSPS) is 9.71. The fourth-order valence-electron chi connectivity index (χ4n) is 1.27. The zero-order valence-electron chi connectivity index (χ0n) is 9.51. The van der Waals surface area contributed by atoms with Gasteiger partial charge in [0.25, 0.3) is 5.69 Å². The van der Waals surface area contributed by atoms with Crippen LogP contribution in [0.1, 0.15) is 13.3 Å². The Hall–Kier alpha value is -2.11. The molecule has 1 rings (SSSR count). The van der Waals surface area contributed by atoms with Crippen molar-refractivity contribution in [3.8, 4) is 0 Å². The highest BCUT2D eigenvalue weighted by molar-refractivity contribution is 5.70. The maximum Gasteiger partial charge on any atom is 0.307 e. The topological polar surface area (TPSA) is 81.5 Å². The fourth-order valence-corrected chi connectivity index (χ4v) is 1.27. The minimum Gasteiger partial charge on any atom is -0.466 e. The Labute approximate surface area is 98.7 Å². The first-order chi connectivity index (χ1) is 8.13. The molecule has 1 aromatic carbocycles. The van der Waals surface area contributed by atoms with Crippen LogP contribution < -0.4 is 5.32 Å². The highest BCUT2D eigenvalue weighted by Gasteiger charge is 2.06. The highest BCUT2D eigenvalue weighted by atomic mass is 16.6.